The number of nitrogens with two attached hydrogens (primary N) is 1. The maximum absolute atomic E-state index is 12.5. The summed E-state index contributed by atoms with van der Waals surface area (Å²) >= 11 is 0. The Labute approximate surface area is 128 Å². The van der Waals surface area contributed by atoms with Crippen molar-refractivity contribution in [3.63, 3.8) is 0 Å². The second-order valence-electron chi connectivity index (χ2n) is 5.27. The van der Waals surface area contributed by atoms with E-state index in [1.165, 1.54) is 0 Å². The van der Waals surface area contributed by atoms with Crippen molar-refractivity contribution in [2.45, 2.75) is 13.8 Å². The number of amides is 1. The molecule has 0 atom stereocenters. The maximum Gasteiger partial charge on any atom is 0.259 e. The first-order valence-corrected chi connectivity index (χ1v) is 6.94. The number of nitrogens with one attached hydrogen (secondary N) is 1. The minimum Gasteiger partial charge on any atom is -0.383 e. The summed E-state index contributed by atoms with van der Waals surface area (Å²) in [6.07, 6.45) is 0. The van der Waals surface area contributed by atoms with Crippen LogP contribution < -0.4 is 11.1 Å². The number of aryl methyl sites for hydroxylation is 3. The zero-order valence-electron chi connectivity index (χ0n) is 12.7. The highest BCUT2D eigenvalue weighted by atomic mass is 16.1. The van der Waals surface area contributed by atoms with Crippen LogP contribution in [-0.4, -0.2) is 20.7 Å². The van der Waals surface area contributed by atoms with Gasteiger partial charge in [-0.15, -0.1) is 0 Å². The summed E-state index contributed by atoms with van der Waals surface area (Å²) in [6.45, 7) is 3.81. The van der Waals surface area contributed by atoms with E-state index in [0.717, 1.165) is 22.3 Å². The smallest absolute Gasteiger partial charge is 0.259 e. The van der Waals surface area contributed by atoms with E-state index in [-0.39, 0.29) is 11.7 Å². The van der Waals surface area contributed by atoms with Gasteiger partial charge in [0, 0.05) is 18.1 Å². The van der Waals surface area contributed by atoms with E-state index in [2.05, 4.69) is 15.4 Å². The number of nitrogens with zero attached hydrogens (tertiary/aromatic N) is 3. The molecule has 0 aliphatic heterocycles. The number of hydrogen-bond donors (Lipinski definition) is 2. The van der Waals surface area contributed by atoms with Crippen LogP contribution >= 0.6 is 0 Å². The lowest BCUT2D eigenvalue weighted by molar-refractivity contribution is 0.102. The number of anilines is 2. The number of carbonyl (C=O) groups is 1. The van der Waals surface area contributed by atoms with Crippen molar-refractivity contribution >= 4 is 28.4 Å². The van der Waals surface area contributed by atoms with Crippen LogP contribution in [0.2, 0.25) is 0 Å². The van der Waals surface area contributed by atoms with Crippen molar-refractivity contribution in [3.05, 3.63) is 47.2 Å². The Kier molecular flexibility index (Phi) is 3.29. The largest absolute Gasteiger partial charge is 0.383 e. The minimum atomic E-state index is -0.274. The highest BCUT2D eigenvalue weighted by molar-refractivity contribution is 6.09. The number of para-hydroxylation sites is 1. The van der Waals surface area contributed by atoms with Gasteiger partial charge in [-0.3, -0.25) is 9.48 Å². The summed E-state index contributed by atoms with van der Waals surface area (Å²) in [4.78, 5) is 16.8. The third-order valence-corrected chi connectivity index (χ3v) is 3.67. The van der Waals surface area contributed by atoms with Gasteiger partial charge in [0.05, 0.1) is 11.3 Å². The van der Waals surface area contributed by atoms with Crippen molar-refractivity contribution in [1.29, 1.82) is 0 Å². The van der Waals surface area contributed by atoms with E-state index in [0.29, 0.717) is 11.2 Å². The number of benzene rings is 1. The number of fused-ring (bicyclic) bond motifs is 1. The van der Waals surface area contributed by atoms with Crippen molar-refractivity contribution in [2.75, 3.05) is 11.1 Å². The van der Waals surface area contributed by atoms with E-state index in [4.69, 9.17) is 5.73 Å². The van der Waals surface area contributed by atoms with Crippen molar-refractivity contribution < 1.29 is 4.79 Å². The first-order chi connectivity index (χ1) is 10.5. The van der Waals surface area contributed by atoms with Crippen LogP contribution in [0.1, 0.15) is 21.6 Å². The molecule has 0 unspecified atom stereocenters. The molecule has 3 rings (SSSR count). The molecular formula is C16H17N5O. The summed E-state index contributed by atoms with van der Waals surface area (Å²) in [5.74, 6) is -0.0777. The Morgan fingerprint density at radius 3 is 2.73 bits per heavy atom. The van der Waals surface area contributed by atoms with Gasteiger partial charge in [-0.05, 0) is 31.5 Å². The fraction of sp³-hybridized carbons (Fsp3) is 0.188. The second-order valence-corrected chi connectivity index (χ2v) is 5.27. The molecule has 0 aliphatic rings. The lowest BCUT2D eigenvalue weighted by Crippen LogP contribution is -2.15. The molecule has 3 N–H and O–H groups in total. The molecule has 6 nitrogen and oxygen atoms in total. The molecule has 3 aromatic rings. The first-order valence-electron chi connectivity index (χ1n) is 6.94. The molecule has 2 heterocycles. The van der Waals surface area contributed by atoms with Gasteiger partial charge in [0.25, 0.3) is 5.91 Å². The lowest BCUT2D eigenvalue weighted by atomic mass is 10.1. The highest BCUT2D eigenvalue weighted by Gasteiger charge is 2.16. The van der Waals surface area contributed by atoms with Gasteiger partial charge < -0.3 is 11.1 Å². The monoisotopic (exact) mass is 295 g/mol. The Morgan fingerprint density at radius 1 is 1.27 bits per heavy atom. The minimum absolute atomic E-state index is 0.196. The Balaban J connectivity index is 2.02. The molecule has 22 heavy (non-hydrogen) atoms. The Hall–Kier alpha value is -2.89. The zero-order chi connectivity index (χ0) is 15.9. The quantitative estimate of drug-likeness (QED) is 0.760. The summed E-state index contributed by atoms with van der Waals surface area (Å²) in [5, 5.41) is 7.99. The number of rotatable bonds is 2. The van der Waals surface area contributed by atoms with Gasteiger partial charge in [0.15, 0.2) is 5.65 Å². The lowest BCUT2D eigenvalue weighted by Gasteiger charge is -2.09. The number of hydrogen-bond acceptors (Lipinski definition) is 4. The third kappa shape index (κ3) is 2.28. The van der Waals surface area contributed by atoms with E-state index >= 15 is 0 Å². The fourth-order valence-electron chi connectivity index (χ4n) is 2.44. The number of aromatic nitrogens is 3. The topological polar surface area (TPSA) is 85.8 Å². The van der Waals surface area contributed by atoms with E-state index in [9.17, 15) is 4.79 Å². The molecule has 112 valence electrons. The highest BCUT2D eigenvalue weighted by Crippen LogP contribution is 2.22. The van der Waals surface area contributed by atoms with Crippen molar-refractivity contribution in [2.24, 2.45) is 7.05 Å². The van der Waals surface area contributed by atoms with Crippen molar-refractivity contribution in [1.82, 2.24) is 14.8 Å². The predicted octanol–water partition coefficient (Wildman–Crippen LogP) is 2.42. The molecule has 0 radical (unpaired) electrons. The second kappa shape index (κ2) is 5.14. The molecule has 2 aromatic heterocycles. The van der Waals surface area contributed by atoms with Crippen LogP contribution in [0.15, 0.2) is 30.3 Å². The van der Waals surface area contributed by atoms with Crippen LogP contribution in [-0.2, 0) is 7.05 Å². The van der Waals surface area contributed by atoms with Crippen LogP contribution in [0, 0.1) is 13.8 Å². The molecule has 0 bridgehead atoms. The molecule has 0 aliphatic carbocycles. The molecule has 6 heteroatoms. The van der Waals surface area contributed by atoms with Gasteiger partial charge in [-0.2, -0.15) is 5.10 Å². The van der Waals surface area contributed by atoms with Crippen molar-refractivity contribution in [3.8, 4) is 0 Å². The SMILES string of the molecule is Cc1ccccc1NC(=O)c1cc2c(C)nn(C)c2nc1N. The molecular weight excluding hydrogens is 278 g/mol. The van der Waals surface area contributed by atoms with E-state index in [1.807, 2.05) is 38.1 Å². The molecule has 0 spiro atoms. The number of nitrogen functional groups attached to an aromatic ring is 1. The number of pyridine rings is 1. The van der Waals surface area contributed by atoms with Gasteiger partial charge in [0.2, 0.25) is 0 Å². The first kappa shape index (κ1) is 14.1. The van der Waals surface area contributed by atoms with Crippen LogP contribution in [0.4, 0.5) is 11.5 Å². The molecule has 0 saturated carbocycles. The fourth-order valence-corrected chi connectivity index (χ4v) is 2.44. The van der Waals surface area contributed by atoms with E-state index < -0.39 is 0 Å². The predicted molar refractivity (Wildman–Crippen MR) is 86.8 cm³/mol. The summed E-state index contributed by atoms with van der Waals surface area (Å²) in [7, 11) is 1.80. The Morgan fingerprint density at radius 2 is 2.00 bits per heavy atom. The Bertz CT molecular complexity index is 882. The summed E-state index contributed by atoms with van der Waals surface area (Å²) in [5.41, 5.74) is 9.53. The van der Waals surface area contributed by atoms with Gasteiger partial charge in [0.1, 0.15) is 5.82 Å². The third-order valence-electron chi connectivity index (χ3n) is 3.67. The summed E-state index contributed by atoms with van der Waals surface area (Å²) in [6, 6.07) is 9.33. The van der Waals surface area contributed by atoms with Crippen LogP contribution in [0.3, 0.4) is 0 Å². The number of carbonyl (C=O) groups excluding carboxylic acids is 1. The summed E-state index contributed by atoms with van der Waals surface area (Å²) < 4.78 is 1.66. The average Bonchev–Trinajstić information content (AvgIpc) is 2.75. The molecule has 1 aromatic carbocycles. The van der Waals surface area contributed by atoms with E-state index in [1.54, 1.807) is 17.8 Å². The van der Waals surface area contributed by atoms with Gasteiger partial charge >= 0.3 is 0 Å². The van der Waals surface area contributed by atoms with Crippen LogP contribution in [0.5, 0.6) is 0 Å². The molecule has 0 saturated heterocycles. The molecule has 1 amide bonds. The average molecular weight is 295 g/mol. The maximum atomic E-state index is 12.5. The van der Waals surface area contributed by atoms with Gasteiger partial charge in [-0.1, -0.05) is 18.2 Å². The normalized spacial score (nSPS) is 10.9. The van der Waals surface area contributed by atoms with Crippen LogP contribution in [0.25, 0.3) is 11.0 Å². The standard InChI is InChI=1S/C16H17N5O/c1-9-6-4-5-7-13(9)18-16(22)12-8-11-10(2)20-21(3)15(11)19-14(12)17/h4-8H,1-3H3,(H2,17,19)(H,18,22). The zero-order valence-corrected chi connectivity index (χ0v) is 12.7. The molecule has 0 fully saturated rings. The van der Waals surface area contributed by atoms with Gasteiger partial charge in [-0.25, -0.2) is 4.98 Å².